The Bertz CT molecular complexity index is 1040. The van der Waals surface area contributed by atoms with Gasteiger partial charge in [0.15, 0.2) is 5.78 Å². The van der Waals surface area contributed by atoms with Gasteiger partial charge in [-0.2, -0.15) is 0 Å². The molecule has 0 amide bonds. The second kappa shape index (κ2) is 10.1. The van der Waals surface area contributed by atoms with Gasteiger partial charge < -0.3 is 9.47 Å². The van der Waals surface area contributed by atoms with E-state index in [1.165, 1.54) is 5.56 Å². The molecular weight excluding hydrogens is 396 g/mol. The van der Waals surface area contributed by atoms with Gasteiger partial charge in [-0.3, -0.25) is 4.79 Å². The number of ketones is 1. The van der Waals surface area contributed by atoms with Gasteiger partial charge in [-0.1, -0.05) is 74.0 Å². The summed E-state index contributed by atoms with van der Waals surface area (Å²) in [4.78, 5) is 12.5. The van der Waals surface area contributed by atoms with E-state index in [4.69, 9.17) is 21.1 Å². The van der Waals surface area contributed by atoms with E-state index < -0.39 is 0 Å². The van der Waals surface area contributed by atoms with Gasteiger partial charge in [0, 0.05) is 11.1 Å². The molecule has 0 radical (unpaired) electrons. The first kappa shape index (κ1) is 21.7. The molecular formula is C26H25ClO3. The van der Waals surface area contributed by atoms with Crippen LogP contribution in [0.5, 0.6) is 11.5 Å². The molecule has 0 aromatic heterocycles. The smallest absolute Gasteiger partial charge is 0.185 e. The van der Waals surface area contributed by atoms with E-state index in [9.17, 15) is 4.79 Å². The van der Waals surface area contributed by atoms with Crippen LogP contribution >= 0.6 is 11.6 Å². The van der Waals surface area contributed by atoms with Crippen LogP contribution in [0, 0.1) is 0 Å². The summed E-state index contributed by atoms with van der Waals surface area (Å²) in [5, 5.41) is 0.557. The summed E-state index contributed by atoms with van der Waals surface area (Å²) in [6.07, 6.45) is 3.39. The molecule has 0 bridgehead atoms. The number of rotatable bonds is 8. The molecule has 0 atom stereocenters. The second-order valence-electron chi connectivity index (χ2n) is 7.26. The summed E-state index contributed by atoms with van der Waals surface area (Å²) in [5.74, 6) is 1.74. The summed E-state index contributed by atoms with van der Waals surface area (Å²) < 4.78 is 11.3. The lowest BCUT2D eigenvalue weighted by Crippen LogP contribution is -2.00. The normalized spacial score (nSPS) is 11.1. The monoisotopic (exact) mass is 420 g/mol. The number of hydrogen-bond donors (Lipinski definition) is 0. The molecule has 3 aromatic rings. The van der Waals surface area contributed by atoms with Crippen LogP contribution in [0.1, 0.15) is 46.8 Å². The summed E-state index contributed by atoms with van der Waals surface area (Å²) in [6.45, 7) is 4.57. The van der Waals surface area contributed by atoms with Crippen molar-refractivity contribution in [2.24, 2.45) is 0 Å². The SMILES string of the molecule is COc1ccc(/C=C/C(=O)c2ccc(C(C)C)cc2)cc1COc1ccccc1Cl. The van der Waals surface area contributed by atoms with Crippen LogP contribution < -0.4 is 9.47 Å². The summed E-state index contributed by atoms with van der Waals surface area (Å²) in [5.41, 5.74) is 3.65. The fourth-order valence-electron chi connectivity index (χ4n) is 3.03. The lowest BCUT2D eigenvalue weighted by atomic mass is 10.00. The Kier molecular flexibility index (Phi) is 7.31. The summed E-state index contributed by atoms with van der Waals surface area (Å²) >= 11 is 6.16. The minimum absolute atomic E-state index is 0.0324. The number of para-hydroxylation sites is 1. The van der Waals surface area contributed by atoms with Crippen molar-refractivity contribution in [2.75, 3.05) is 7.11 Å². The standard InChI is InChI=1S/C26H25ClO3/c1-18(2)20-10-12-21(13-11-20)24(28)14-8-19-9-15-25(29-3)22(16-19)17-30-26-7-5-4-6-23(26)27/h4-16,18H,17H2,1-3H3/b14-8+. The lowest BCUT2D eigenvalue weighted by Gasteiger charge is -2.12. The fraction of sp³-hybridized carbons (Fsp3) is 0.192. The molecule has 0 spiro atoms. The number of carbonyl (C=O) groups is 1. The van der Waals surface area contributed by atoms with Crippen molar-refractivity contribution >= 4 is 23.5 Å². The van der Waals surface area contributed by atoms with Gasteiger partial charge in [0.25, 0.3) is 0 Å². The van der Waals surface area contributed by atoms with Crippen molar-refractivity contribution in [1.29, 1.82) is 0 Å². The van der Waals surface area contributed by atoms with Gasteiger partial charge in [-0.05, 0) is 47.4 Å². The van der Waals surface area contributed by atoms with E-state index in [0.717, 1.165) is 16.9 Å². The number of ether oxygens (including phenoxy) is 2. The number of benzene rings is 3. The molecule has 0 unspecified atom stereocenters. The molecule has 0 aliphatic rings. The van der Waals surface area contributed by atoms with Crippen LogP contribution in [-0.2, 0) is 6.61 Å². The van der Waals surface area contributed by atoms with Crippen molar-refractivity contribution in [2.45, 2.75) is 26.4 Å². The Balaban J connectivity index is 1.73. The van der Waals surface area contributed by atoms with Gasteiger partial charge in [0.2, 0.25) is 0 Å². The molecule has 4 heteroatoms. The van der Waals surface area contributed by atoms with E-state index in [2.05, 4.69) is 13.8 Å². The number of methoxy groups -OCH3 is 1. The fourth-order valence-corrected chi connectivity index (χ4v) is 3.22. The quantitative estimate of drug-likeness (QED) is 0.292. The van der Waals surface area contributed by atoms with Crippen molar-refractivity contribution in [3.8, 4) is 11.5 Å². The third-order valence-corrected chi connectivity index (χ3v) is 5.13. The van der Waals surface area contributed by atoms with E-state index in [-0.39, 0.29) is 5.78 Å². The molecule has 0 fully saturated rings. The van der Waals surface area contributed by atoms with E-state index in [1.54, 1.807) is 25.3 Å². The van der Waals surface area contributed by atoms with Gasteiger partial charge >= 0.3 is 0 Å². The van der Waals surface area contributed by atoms with E-state index in [0.29, 0.717) is 28.9 Å². The first-order valence-electron chi connectivity index (χ1n) is 9.84. The Labute approximate surface area is 182 Å². The molecule has 3 aromatic carbocycles. The van der Waals surface area contributed by atoms with Gasteiger partial charge in [0.1, 0.15) is 18.1 Å². The zero-order valence-corrected chi connectivity index (χ0v) is 18.1. The van der Waals surface area contributed by atoms with Crippen LogP contribution in [0.25, 0.3) is 6.08 Å². The molecule has 3 rings (SSSR count). The second-order valence-corrected chi connectivity index (χ2v) is 7.67. The Morgan fingerprint density at radius 1 is 1.00 bits per heavy atom. The number of allylic oxidation sites excluding steroid dienone is 1. The topological polar surface area (TPSA) is 35.5 Å². The highest BCUT2D eigenvalue weighted by Crippen LogP contribution is 2.27. The highest BCUT2D eigenvalue weighted by atomic mass is 35.5. The number of halogens is 1. The first-order chi connectivity index (χ1) is 14.5. The molecule has 30 heavy (non-hydrogen) atoms. The van der Waals surface area contributed by atoms with Crippen LogP contribution in [0.15, 0.2) is 72.8 Å². The number of carbonyl (C=O) groups excluding carboxylic acids is 1. The molecule has 0 heterocycles. The van der Waals surface area contributed by atoms with Crippen molar-refractivity contribution in [3.63, 3.8) is 0 Å². The van der Waals surface area contributed by atoms with E-state index >= 15 is 0 Å². The Morgan fingerprint density at radius 2 is 1.73 bits per heavy atom. The molecule has 0 aliphatic carbocycles. The average Bonchev–Trinajstić information content (AvgIpc) is 2.77. The van der Waals surface area contributed by atoms with Gasteiger partial charge in [-0.15, -0.1) is 0 Å². The van der Waals surface area contributed by atoms with Crippen molar-refractivity contribution < 1.29 is 14.3 Å². The van der Waals surface area contributed by atoms with Gasteiger partial charge in [-0.25, -0.2) is 0 Å². The minimum atomic E-state index is -0.0324. The summed E-state index contributed by atoms with van der Waals surface area (Å²) in [6, 6.07) is 20.8. The predicted molar refractivity (Wildman–Crippen MR) is 123 cm³/mol. The van der Waals surface area contributed by atoms with Crippen LogP contribution in [0.3, 0.4) is 0 Å². The van der Waals surface area contributed by atoms with Crippen LogP contribution in [-0.4, -0.2) is 12.9 Å². The molecule has 3 nitrogen and oxygen atoms in total. The molecule has 0 saturated heterocycles. The first-order valence-corrected chi connectivity index (χ1v) is 10.2. The maximum absolute atomic E-state index is 12.5. The Hall–Kier alpha value is -3.04. The largest absolute Gasteiger partial charge is 0.496 e. The molecule has 0 N–H and O–H groups in total. The van der Waals surface area contributed by atoms with Crippen molar-refractivity contribution in [1.82, 2.24) is 0 Å². The third-order valence-electron chi connectivity index (χ3n) is 4.81. The number of hydrogen-bond acceptors (Lipinski definition) is 3. The highest BCUT2D eigenvalue weighted by Gasteiger charge is 2.08. The maximum atomic E-state index is 12.5. The molecule has 0 saturated carbocycles. The Morgan fingerprint density at radius 3 is 2.40 bits per heavy atom. The van der Waals surface area contributed by atoms with Crippen LogP contribution in [0.4, 0.5) is 0 Å². The highest BCUT2D eigenvalue weighted by molar-refractivity contribution is 6.32. The zero-order chi connectivity index (χ0) is 21.5. The van der Waals surface area contributed by atoms with E-state index in [1.807, 2.05) is 60.7 Å². The molecule has 0 aliphatic heterocycles. The third kappa shape index (κ3) is 5.52. The zero-order valence-electron chi connectivity index (χ0n) is 17.4. The van der Waals surface area contributed by atoms with Gasteiger partial charge in [0.05, 0.1) is 12.1 Å². The summed E-state index contributed by atoms with van der Waals surface area (Å²) in [7, 11) is 1.62. The van der Waals surface area contributed by atoms with Crippen molar-refractivity contribution in [3.05, 3.63) is 100 Å². The average molecular weight is 421 g/mol. The minimum Gasteiger partial charge on any atom is -0.496 e. The lowest BCUT2D eigenvalue weighted by molar-refractivity contribution is 0.104. The predicted octanol–water partition coefficient (Wildman–Crippen LogP) is 6.95. The van der Waals surface area contributed by atoms with Crippen LogP contribution in [0.2, 0.25) is 5.02 Å². The maximum Gasteiger partial charge on any atom is 0.185 e. The molecule has 154 valence electrons.